The van der Waals surface area contributed by atoms with Crippen LogP contribution in [0.1, 0.15) is 72.7 Å². The number of imidazole rings is 1. The van der Waals surface area contributed by atoms with Crippen LogP contribution >= 0.6 is 11.6 Å². The van der Waals surface area contributed by atoms with E-state index in [1.54, 1.807) is 74.3 Å². The van der Waals surface area contributed by atoms with Crippen LogP contribution in [0.4, 0.5) is 10.6 Å². The second-order valence-electron chi connectivity index (χ2n) is 11.5. The minimum absolute atomic E-state index is 0.133. The molecule has 12 heteroatoms. The number of halogens is 1. The number of anilines is 1. The molecule has 2 aromatic heterocycles. The number of rotatable bonds is 6. The number of hydrogen-bond donors (Lipinski definition) is 3. The first-order valence-corrected chi connectivity index (χ1v) is 14.5. The maximum atomic E-state index is 13.0. The van der Waals surface area contributed by atoms with Crippen molar-refractivity contribution in [2.24, 2.45) is 0 Å². The van der Waals surface area contributed by atoms with E-state index in [1.807, 2.05) is 18.2 Å². The second-order valence-corrected chi connectivity index (χ2v) is 11.9. The normalized spacial score (nSPS) is 15.1. The van der Waals surface area contributed by atoms with Gasteiger partial charge in [-0.05, 0) is 87.6 Å². The molecular weight excluding hydrogens is 584 g/mol. The molecule has 0 spiro atoms. The summed E-state index contributed by atoms with van der Waals surface area (Å²) in [7, 11) is 0. The van der Waals surface area contributed by atoms with Crippen molar-refractivity contribution in [2.75, 3.05) is 17.7 Å². The minimum Gasteiger partial charge on any atom is -0.476 e. The van der Waals surface area contributed by atoms with Gasteiger partial charge in [0.15, 0.2) is 11.5 Å². The number of carboxylic acids is 1. The number of carbonyl (C=O) groups is 3. The predicted molar refractivity (Wildman–Crippen MR) is 167 cm³/mol. The first-order chi connectivity index (χ1) is 20.9. The number of nitrogens with two attached hydrogens (primary N) is 1. The summed E-state index contributed by atoms with van der Waals surface area (Å²) in [6.45, 7) is 5.79. The first kappa shape index (κ1) is 30.6. The Balaban J connectivity index is 1.38. The summed E-state index contributed by atoms with van der Waals surface area (Å²) >= 11 is 5.99. The summed E-state index contributed by atoms with van der Waals surface area (Å²) in [6, 6.07) is 16.7. The lowest BCUT2D eigenvalue weighted by atomic mass is 10.0. The standard InChI is InChI=1S/C32H33ClN6O5/c1-32(2,3)44-31(43)38-17-5-4-6-24(38)28-37-26(27(30(41)42)39(28)34)20-7-9-21(10-8-20)29(40)36-25-18-22(15-16-35-25)19-11-13-23(33)14-12-19/h7-16,18,24H,4-6,17,34H2,1-3H3,(H,41,42)(H,35,36,40)/t24-/m0/s1. The van der Waals surface area contributed by atoms with Crippen LogP contribution in [0, 0.1) is 0 Å². The molecule has 1 atom stereocenters. The Kier molecular flexibility index (Phi) is 8.59. The Labute approximate surface area is 259 Å². The van der Waals surface area contributed by atoms with E-state index in [0.29, 0.717) is 34.9 Å². The summed E-state index contributed by atoms with van der Waals surface area (Å²) in [5, 5.41) is 13.5. The molecule has 0 unspecified atom stereocenters. The number of likely N-dealkylation sites (tertiary alicyclic amines) is 1. The van der Waals surface area contributed by atoms with Gasteiger partial charge in [-0.1, -0.05) is 35.9 Å². The fraction of sp³-hybridized carbons (Fsp3) is 0.281. The average molecular weight is 617 g/mol. The zero-order chi connectivity index (χ0) is 31.6. The molecule has 3 heterocycles. The fourth-order valence-corrected chi connectivity index (χ4v) is 5.24. The molecule has 4 N–H and O–H groups in total. The maximum absolute atomic E-state index is 13.0. The van der Waals surface area contributed by atoms with Crippen molar-refractivity contribution in [3.05, 3.63) is 89.0 Å². The van der Waals surface area contributed by atoms with Gasteiger partial charge >= 0.3 is 12.1 Å². The highest BCUT2D eigenvalue weighted by atomic mass is 35.5. The third-order valence-corrected chi connectivity index (χ3v) is 7.42. The lowest BCUT2D eigenvalue weighted by Crippen LogP contribution is -2.43. The van der Waals surface area contributed by atoms with Crippen molar-refractivity contribution in [3.63, 3.8) is 0 Å². The summed E-state index contributed by atoms with van der Waals surface area (Å²) < 4.78 is 6.63. The van der Waals surface area contributed by atoms with Crippen LogP contribution in [0.15, 0.2) is 66.9 Å². The molecule has 0 radical (unpaired) electrons. The molecule has 1 aliphatic heterocycles. The van der Waals surface area contributed by atoms with Gasteiger partial charge in [0.25, 0.3) is 5.91 Å². The van der Waals surface area contributed by atoms with Gasteiger partial charge in [0, 0.05) is 28.9 Å². The molecule has 1 saturated heterocycles. The third kappa shape index (κ3) is 6.68. The second kappa shape index (κ2) is 12.4. The summed E-state index contributed by atoms with van der Waals surface area (Å²) in [5.41, 5.74) is 1.78. The number of carboxylic acid groups (broad SMARTS) is 1. The van der Waals surface area contributed by atoms with Gasteiger partial charge in [0.05, 0.1) is 6.04 Å². The van der Waals surface area contributed by atoms with Gasteiger partial charge in [0.2, 0.25) is 0 Å². The van der Waals surface area contributed by atoms with Crippen molar-refractivity contribution < 1.29 is 24.2 Å². The fourth-order valence-electron chi connectivity index (χ4n) is 5.12. The van der Waals surface area contributed by atoms with Crippen LogP contribution in [0.3, 0.4) is 0 Å². The number of aromatic nitrogens is 3. The predicted octanol–water partition coefficient (Wildman–Crippen LogP) is 6.39. The summed E-state index contributed by atoms with van der Waals surface area (Å²) in [4.78, 5) is 48.8. The lowest BCUT2D eigenvalue weighted by Gasteiger charge is -2.36. The monoisotopic (exact) mass is 616 g/mol. The highest BCUT2D eigenvalue weighted by molar-refractivity contribution is 6.30. The van der Waals surface area contributed by atoms with Crippen LogP contribution in [-0.2, 0) is 4.74 Å². The van der Waals surface area contributed by atoms with E-state index in [4.69, 9.17) is 22.2 Å². The van der Waals surface area contributed by atoms with Gasteiger partial charge in [-0.15, -0.1) is 0 Å². The molecule has 2 aromatic carbocycles. The van der Waals surface area contributed by atoms with Crippen molar-refractivity contribution >= 4 is 35.4 Å². The van der Waals surface area contributed by atoms with E-state index in [2.05, 4.69) is 15.3 Å². The van der Waals surface area contributed by atoms with Crippen molar-refractivity contribution in [3.8, 4) is 22.4 Å². The Hall–Kier alpha value is -4.90. The zero-order valence-electron chi connectivity index (χ0n) is 24.6. The molecule has 44 heavy (non-hydrogen) atoms. The first-order valence-electron chi connectivity index (χ1n) is 14.2. The molecule has 4 aromatic rings. The number of pyridine rings is 1. The van der Waals surface area contributed by atoms with Gasteiger partial charge in [-0.2, -0.15) is 0 Å². The number of benzene rings is 2. The molecule has 1 aliphatic rings. The molecule has 0 aliphatic carbocycles. The third-order valence-electron chi connectivity index (χ3n) is 7.17. The van der Waals surface area contributed by atoms with Gasteiger partial charge in [-0.25, -0.2) is 24.2 Å². The van der Waals surface area contributed by atoms with Gasteiger partial charge in [-0.3, -0.25) is 9.69 Å². The van der Waals surface area contributed by atoms with Crippen LogP contribution in [0.5, 0.6) is 0 Å². The Bertz CT molecular complexity index is 1700. The number of nitrogens with zero attached hydrogens (tertiary/aromatic N) is 4. The number of hydrogen-bond acceptors (Lipinski definition) is 7. The van der Waals surface area contributed by atoms with Crippen molar-refractivity contribution in [2.45, 2.75) is 51.7 Å². The maximum Gasteiger partial charge on any atom is 0.410 e. The molecule has 0 saturated carbocycles. The molecular formula is C32H33ClN6O5. The van der Waals surface area contributed by atoms with E-state index in [9.17, 15) is 19.5 Å². The molecule has 0 bridgehead atoms. The SMILES string of the molecule is CC(C)(C)OC(=O)N1CCCC[C@H]1c1nc(-c2ccc(C(=O)Nc3cc(-c4ccc(Cl)cc4)ccn3)cc2)c(C(=O)O)n1N. The summed E-state index contributed by atoms with van der Waals surface area (Å²) in [5.74, 6) is 5.26. The molecule has 11 nitrogen and oxygen atoms in total. The number of amides is 2. The van der Waals surface area contributed by atoms with Crippen LogP contribution in [-0.4, -0.2) is 54.8 Å². The summed E-state index contributed by atoms with van der Waals surface area (Å²) in [6.07, 6.45) is 3.25. The highest BCUT2D eigenvalue weighted by Gasteiger charge is 2.36. The molecule has 2 amide bonds. The van der Waals surface area contributed by atoms with Crippen molar-refractivity contribution in [1.82, 2.24) is 19.5 Å². The van der Waals surface area contributed by atoms with Crippen LogP contribution in [0.2, 0.25) is 5.02 Å². The number of carbonyl (C=O) groups excluding carboxylic acids is 2. The van der Waals surface area contributed by atoms with E-state index in [0.717, 1.165) is 28.6 Å². The quantitative estimate of drug-likeness (QED) is 0.211. The smallest absolute Gasteiger partial charge is 0.410 e. The largest absolute Gasteiger partial charge is 0.476 e. The number of ether oxygens (including phenoxy) is 1. The topological polar surface area (TPSA) is 153 Å². The minimum atomic E-state index is -1.27. The number of nitrogen functional groups attached to an aromatic ring is 1. The van der Waals surface area contributed by atoms with E-state index in [-0.39, 0.29) is 17.2 Å². The van der Waals surface area contributed by atoms with E-state index < -0.39 is 29.6 Å². The van der Waals surface area contributed by atoms with E-state index >= 15 is 0 Å². The Morgan fingerprint density at radius 1 is 1.00 bits per heavy atom. The zero-order valence-corrected chi connectivity index (χ0v) is 25.3. The highest BCUT2D eigenvalue weighted by Crippen LogP contribution is 2.34. The van der Waals surface area contributed by atoms with Gasteiger partial charge < -0.3 is 21.0 Å². The Morgan fingerprint density at radius 3 is 2.34 bits per heavy atom. The van der Waals surface area contributed by atoms with Crippen molar-refractivity contribution in [1.29, 1.82) is 0 Å². The Morgan fingerprint density at radius 2 is 1.68 bits per heavy atom. The van der Waals surface area contributed by atoms with Gasteiger partial charge in [0.1, 0.15) is 17.1 Å². The number of nitrogens with one attached hydrogen (secondary N) is 1. The van der Waals surface area contributed by atoms with E-state index in [1.165, 1.54) is 0 Å². The lowest BCUT2D eigenvalue weighted by molar-refractivity contribution is 0.00821. The van der Waals surface area contributed by atoms with Crippen LogP contribution in [0.25, 0.3) is 22.4 Å². The molecule has 5 rings (SSSR count). The molecule has 1 fully saturated rings. The number of aromatic carboxylic acids is 1. The number of piperidine rings is 1. The van der Waals surface area contributed by atoms with Crippen LogP contribution < -0.4 is 11.2 Å². The molecule has 228 valence electrons. The average Bonchev–Trinajstić information content (AvgIpc) is 3.34.